The Balaban J connectivity index is 2.17. The Bertz CT molecular complexity index is 562. The first-order valence-electron chi connectivity index (χ1n) is 5.37. The van der Waals surface area contributed by atoms with Crippen LogP contribution in [0.3, 0.4) is 0 Å². The highest BCUT2D eigenvalue weighted by molar-refractivity contribution is 5.42. The van der Waals surface area contributed by atoms with Gasteiger partial charge in [-0.15, -0.1) is 0 Å². The van der Waals surface area contributed by atoms with Crippen molar-refractivity contribution in [2.24, 2.45) is 0 Å². The Morgan fingerprint density at radius 3 is 2.94 bits per heavy atom. The number of aryl methyl sites for hydroxylation is 1. The Hall–Kier alpha value is -2.17. The maximum absolute atomic E-state index is 11.5. The SMILES string of the molecule is Cc1nc(NCc2cccnc2)c(C)c(=O)[nH]1. The van der Waals surface area contributed by atoms with Crippen LogP contribution < -0.4 is 10.9 Å². The lowest BCUT2D eigenvalue weighted by atomic mass is 10.2. The highest BCUT2D eigenvalue weighted by Crippen LogP contribution is 2.07. The Kier molecular flexibility index (Phi) is 3.18. The fourth-order valence-corrected chi connectivity index (χ4v) is 1.51. The third-order valence-corrected chi connectivity index (χ3v) is 2.45. The normalized spacial score (nSPS) is 10.2. The molecule has 2 aromatic rings. The number of pyridine rings is 1. The summed E-state index contributed by atoms with van der Waals surface area (Å²) in [4.78, 5) is 22.5. The molecule has 17 heavy (non-hydrogen) atoms. The molecule has 0 bridgehead atoms. The van der Waals surface area contributed by atoms with Gasteiger partial charge >= 0.3 is 0 Å². The molecular formula is C12H14N4O. The first-order chi connectivity index (χ1) is 8.16. The van der Waals surface area contributed by atoms with Crippen molar-refractivity contribution in [3.63, 3.8) is 0 Å². The molecule has 0 fully saturated rings. The summed E-state index contributed by atoms with van der Waals surface area (Å²) in [5.74, 6) is 1.23. The second-order valence-electron chi connectivity index (χ2n) is 3.84. The topological polar surface area (TPSA) is 70.7 Å². The summed E-state index contributed by atoms with van der Waals surface area (Å²) < 4.78 is 0. The van der Waals surface area contributed by atoms with Crippen LogP contribution in [0.15, 0.2) is 29.3 Å². The van der Waals surface area contributed by atoms with Crippen LogP contribution in [0.2, 0.25) is 0 Å². The van der Waals surface area contributed by atoms with Gasteiger partial charge in [-0.25, -0.2) is 4.98 Å². The van der Waals surface area contributed by atoms with Crippen molar-refractivity contribution in [2.45, 2.75) is 20.4 Å². The van der Waals surface area contributed by atoms with Gasteiger partial charge in [0.2, 0.25) is 0 Å². The van der Waals surface area contributed by atoms with Crippen molar-refractivity contribution >= 4 is 5.82 Å². The van der Waals surface area contributed by atoms with Crippen molar-refractivity contribution in [3.05, 3.63) is 51.8 Å². The van der Waals surface area contributed by atoms with Crippen LogP contribution in [-0.4, -0.2) is 15.0 Å². The van der Waals surface area contributed by atoms with Crippen LogP contribution in [0.5, 0.6) is 0 Å². The Morgan fingerprint density at radius 1 is 1.41 bits per heavy atom. The lowest BCUT2D eigenvalue weighted by molar-refractivity contribution is 0.972. The first kappa shape index (κ1) is 11.3. The van der Waals surface area contributed by atoms with Crippen LogP contribution >= 0.6 is 0 Å². The molecule has 2 aromatic heterocycles. The maximum Gasteiger partial charge on any atom is 0.255 e. The molecule has 88 valence electrons. The van der Waals surface area contributed by atoms with Gasteiger partial charge in [0.15, 0.2) is 0 Å². The van der Waals surface area contributed by atoms with E-state index in [4.69, 9.17) is 0 Å². The molecule has 0 aliphatic heterocycles. The quantitative estimate of drug-likeness (QED) is 0.836. The van der Waals surface area contributed by atoms with E-state index in [0.717, 1.165) is 5.56 Å². The lowest BCUT2D eigenvalue weighted by Gasteiger charge is -2.08. The fourth-order valence-electron chi connectivity index (χ4n) is 1.51. The number of aromatic amines is 1. The van der Waals surface area contributed by atoms with Crippen LogP contribution in [0.4, 0.5) is 5.82 Å². The van der Waals surface area contributed by atoms with E-state index in [1.807, 2.05) is 12.1 Å². The zero-order valence-electron chi connectivity index (χ0n) is 9.82. The van der Waals surface area contributed by atoms with Crippen molar-refractivity contribution in [1.82, 2.24) is 15.0 Å². The van der Waals surface area contributed by atoms with Crippen molar-refractivity contribution in [3.8, 4) is 0 Å². The van der Waals surface area contributed by atoms with E-state index in [0.29, 0.717) is 23.8 Å². The largest absolute Gasteiger partial charge is 0.365 e. The summed E-state index contributed by atoms with van der Waals surface area (Å²) in [6.45, 7) is 4.11. The molecule has 5 nitrogen and oxygen atoms in total. The van der Waals surface area contributed by atoms with Gasteiger partial charge in [0.25, 0.3) is 5.56 Å². The minimum absolute atomic E-state index is 0.105. The summed E-state index contributed by atoms with van der Waals surface area (Å²) >= 11 is 0. The predicted molar refractivity (Wildman–Crippen MR) is 65.9 cm³/mol. The number of H-pyrrole nitrogens is 1. The zero-order valence-corrected chi connectivity index (χ0v) is 9.82. The molecule has 2 heterocycles. The average molecular weight is 230 g/mol. The number of anilines is 1. The standard InChI is InChI=1S/C12H14N4O/c1-8-11(15-9(2)16-12(8)17)14-7-10-4-3-5-13-6-10/h3-6H,7H2,1-2H3,(H2,14,15,16,17). The van der Waals surface area contributed by atoms with Crippen LogP contribution in [0.1, 0.15) is 17.0 Å². The van der Waals surface area contributed by atoms with Crippen LogP contribution in [0.25, 0.3) is 0 Å². The van der Waals surface area contributed by atoms with E-state index in [-0.39, 0.29) is 5.56 Å². The molecule has 0 aliphatic carbocycles. The molecule has 2 N–H and O–H groups in total. The van der Waals surface area contributed by atoms with Crippen molar-refractivity contribution < 1.29 is 0 Å². The molecule has 5 heteroatoms. The van der Waals surface area contributed by atoms with E-state index >= 15 is 0 Å². The average Bonchev–Trinajstić information content (AvgIpc) is 2.33. The molecule has 0 unspecified atom stereocenters. The third kappa shape index (κ3) is 2.69. The molecule has 0 radical (unpaired) electrons. The van der Waals surface area contributed by atoms with Crippen LogP contribution in [0, 0.1) is 13.8 Å². The summed E-state index contributed by atoms with van der Waals surface area (Å²) in [6, 6.07) is 3.84. The number of nitrogens with one attached hydrogen (secondary N) is 2. The molecule has 0 aliphatic rings. The van der Waals surface area contributed by atoms with Gasteiger partial charge in [0, 0.05) is 18.9 Å². The van der Waals surface area contributed by atoms with Crippen molar-refractivity contribution in [2.75, 3.05) is 5.32 Å². The monoisotopic (exact) mass is 230 g/mol. The van der Waals surface area contributed by atoms with Gasteiger partial charge in [0.05, 0.1) is 5.56 Å². The summed E-state index contributed by atoms with van der Waals surface area (Å²) in [5.41, 5.74) is 1.54. The number of aromatic nitrogens is 3. The Labute approximate surface area is 99.0 Å². The fraction of sp³-hybridized carbons (Fsp3) is 0.250. The number of hydrogen-bond acceptors (Lipinski definition) is 4. The smallest absolute Gasteiger partial charge is 0.255 e. The highest BCUT2D eigenvalue weighted by Gasteiger charge is 2.04. The second-order valence-corrected chi connectivity index (χ2v) is 3.84. The number of hydrogen-bond donors (Lipinski definition) is 2. The van der Waals surface area contributed by atoms with E-state index < -0.39 is 0 Å². The second kappa shape index (κ2) is 4.78. The summed E-state index contributed by atoms with van der Waals surface area (Å²) in [7, 11) is 0. The van der Waals surface area contributed by atoms with Crippen LogP contribution in [-0.2, 0) is 6.54 Å². The van der Waals surface area contributed by atoms with Gasteiger partial charge in [-0.3, -0.25) is 9.78 Å². The van der Waals surface area contributed by atoms with E-state index in [9.17, 15) is 4.79 Å². The Morgan fingerprint density at radius 2 is 2.24 bits per heavy atom. The van der Waals surface area contributed by atoms with Gasteiger partial charge < -0.3 is 10.3 Å². The third-order valence-electron chi connectivity index (χ3n) is 2.45. The highest BCUT2D eigenvalue weighted by atomic mass is 16.1. The van der Waals surface area contributed by atoms with E-state index in [2.05, 4.69) is 20.3 Å². The summed E-state index contributed by atoms with van der Waals surface area (Å²) in [6.07, 6.45) is 3.51. The summed E-state index contributed by atoms with van der Waals surface area (Å²) in [5, 5.41) is 3.14. The molecule has 0 amide bonds. The molecule has 2 rings (SSSR count). The number of rotatable bonds is 3. The zero-order chi connectivity index (χ0) is 12.3. The molecule has 0 atom stereocenters. The molecule has 0 saturated carbocycles. The molecule has 0 aromatic carbocycles. The van der Waals surface area contributed by atoms with Gasteiger partial charge in [-0.05, 0) is 25.5 Å². The first-order valence-corrected chi connectivity index (χ1v) is 5.37. The van der Waals surface area contributed by atoms with Crippen molar-refractivity contribution in [1.29, 1.82) is 0 Å². The molecule has 0 spiro atoms. The van der Waals surface area contributed by atoms with E-state index in [1.54, 1.807) is 26.2 Å². The lowest BCUT2D eigenvalue weighted by Crippen LogP contribution is -2.16. The van der Waals surface area contributed by atoms with Gasteiger partial charge in [-0.2, -0.15) is 0 Å². The number of nitrogens with zero attached hydrogens (tertiary/aromatic N) is 2. The maximum atomic E-state index is 11.5. The minimum Gasteiger partial charge on any atom is -0.365 e. The van der Waals surface area contributed by atoms with E-state index in [1.165, 1.54) is 0 Å². The van der Waals surface area contributed by atoms with Gasteiger partial charge in [0.1, 0.15) is 11.6 Å². The minimum atomic E-state index is -0.105. The predicted octanol–water partition coefficient (Wildman–Crippen LogP) is 1.39. The van der Waals surface area contributed by atoms with Gasteiger partial charge in [-0.1, -0.05) is 6.07 Å². The molecule has 0 saturated heterocycles. The molecular weight excluding hydrogens is 216 g/mol.